The van der Waals surface area contributed by atoms with Crippen molar-refractivity contribution in [2.45, 2.75) is 0 Å². The number of Topliss-reactive ketones (excluding diaryl/α,β-unsaturated/α-hetero) is 1. The molecule has 4 rings (SSSR count). The number of ketones is 1. The van der Waals surface area contributed by atoms with Crippen molar-refractivity contribution in [3.8, 4) is 23.0 Å². The van der Waals surface area contributed by atoms with Crippen molar-refractivity contribution in [3.63, 3.8) is 0 Å². The summed E-state index contributed by atoms with van der Waals surface area (Å²) < 4.78 is 21.5. The maximum absolute atomic E-state index is 12.6. The first-order valence-corrected chi connectivity index (χ1v) is 9.16. The van der Waals surface area contributed by atoms with Gasteiger partial charge >= 0.3 is 5.97 Å². The number of carbonyl (C=O) groups excluding carboxylic acids is 2. The number of methoxy groups -OCH3 is 2. The van der Waals surface area contributed by atoms with E-state index in [1.807, 2.05) is 0 Å². The predicted octanol–water partition coefficient (Wildman–Crippen LogP) is 4.54. The van der Waals surface area contributed by atoms with Crippen LogP contribution < -0.4 is 18.9 Å². The number of rotatable bonds is 5. The van der Waals surface area contributed by atoms with Gasteiger partial charge in [0.1, 0.15) is 28.6 Å². The maximum Gasteiger partial charge on any atom is 0.347 e. The summed E-state index contributed by atoms with van der Waals surface area (Å²) in [4.78, 5) is 25.1. The Morgan fingerprint density at radius 3 is 2.53 bits per heavy atom. The monoisotopic (exact) mass is 402 g/mol. The Labute approximate surface area is 173 Å². The van der Waals surface area contributed by atoms with Gasteiger partial charge in [-0.2, -0.15) is 0 Å². The summed E-state index contributed by atoms with van der Waals surface area (Å²) in [5, 5.41) is 0. The molecule has 0 radical (unpaired) electrons. The lowest BCUT2D eigenvalue weighted by atomic mass is 10.1. The third-order valence-corrected chi connectivity index (χ3v) is 4.57. The zero-order chi connectivity index (χ0) is 21.1. The number of esters is 1. The summed E-state index contributed by atoms with van der Waals surface area (Å²) in [5.74, 6) is 1.25. The van der Waals surface area contributed by atoms with Gasteiger partial charge in [0.15, 0.2) is 5.76 Å². The fraction of sp³-hybridized carbons (Fsp3) is 0.0833. The molecule has 6 nitrogen and oxygen atoms in total. The van der Waals surface area contributed by atoms with E-state index in [1.54, 1.807) is 79.9 Å². The van der Waals surface area contributed by atoms with Gasteiger partial charge < -0.3 is 18.9 Å². The second-order valence-corrected chi connectivity index (χ2v) is 6.46. The highest BCUT2D eigenvalue weighted by atomic mass is 16.5. The van der Waals surface area contributed by atoms with E-state index < -0.39 is 5.97 Å². The van der Waals surface area contributed by atoms with Gasteiger partial charge in [-0.1, -0.05) is 24.3 Å². The Hall–Kier alpha value is -4.06. The molecule has 1 heterocycles. The summed E-state index contributed by atoms with van der Waals surface area (Å²) in [7, 11) is 3.04. The second kappa shape index (κ2) is 8.13. The largest absolute Gasteiger partial charge is 0.497 e. The smallest absolute Gasteiger partial charge is 0.347 e. The SMILES string of the molecule is COc1ccc2c(c1)O/C(=C\c1cccc(OC(=O)c3ccccc3OC)c1)C2=O. The number of benzene rings is 3. The molecule has 0 fully saturated rings. The predicted molar refractivity (Wildman–Crippen MR) is 110 cm³/mol. The normalized spacial score (nSPS) is 13.5. The van der Waals surface area contributed by atoms with E-state index in [4.69, 9.17) is 18.9 Å². The summed E-state index contributed by atoms with van der Waals surface area (Å²) in [6.07, 6.45) is 1.61. The van der Waals surface area contributed by atoms with Crippen LogP contribution in [0.2, 0.25) is 0 Å². The first kappa shape index (κ1) is 19.3. The average Bonchev–Trinajstić information content (AvgIpc) is 3.08. The number of hydrogen-bond acceptors (Lipinski definition) is 6. The lowest BCUT2D eigenvalue weighted by molar-refractivity contribution is 0.0731. The molecule has 6 heteroatoms. The minimum absolute atomic E-state index is 0.187. The van der Waals surface area contributed by atoms with Crippen molar-refractivity contribution in [2.75, 3.05) is 14.2 Å². The molecule has 3 aromatic carbocycles. The summed E-state index contributed by atoms with van der Waals surface area (Å²) >= 11 is 0. The quantitative estimate of drug-likeness (QED) is 0.355. The van der Waals surface area contributed by atoms with Crippen LogP contribution in [0.5, 0.6) is 23.0 Å². The first-order chi connectivity index (χ1) is 14.6. The molecule has 3 aromatic rings. The minimum Gasteiger partial charge on any atom is -0.497 e. The zero-order valence-corrected chi connectivity index (χ0v) is 16.4. The van der Waals surface area contributed by atoms with Crippen LogP contribution in [-0.2, 0) is 0 Å². The first-order valence-electron chi connectivity index (χ1n) is 9.16. The van der Waals surface area contributed by atoms with Crippen LogP contribution in [0.4, 0.5) is 0 Å². The molecule has 1 aliphatic heterocycles. The number of hydrogen-bond donors (Lipinski definition) is 0. The van der Waals surface area contributed by atoms with Gasteiger partial charge in [0.2, 0.25) is 5.78 Å². The van der Waals surface area contributed by atoms with E-state index in [9.17, 15) is 9.59 Å². The zero-order valence-electron chi connectivity index (χ0n) is 16.4. The van der Waals surface area contributed by atoms with Crippen molar-refractivity contribution in [2.24, 2.45) is 0 Å². The van der Waals surface area contributed by atoms with E-state index >= 15 is 0 Å². The number of ether oxygens (including phenoxy) is 4. The van der Waals surface area contributed by atoms with Gasteiger partial charge in [-0.05, 0) is 48.0 Å². The highest BCUT2D eigenvalue weighted by Gasteiger charge is 2.27. The van der Waals surface area contributed by atoms with Crippen molar-refractivity contribution >= 4 is 17.8 Å². The van der Waals surface area contributed by atoms with E-state index in [1.165, 1.54) is 7.11 Å². The van der Waals surface area contributed by atoms with Gasteiger partial charge in [-0.25, -0.2) is 4.79 Å². The van der Waals surface area contributed by atoms with Gasteiger partial charge in [-0.15, -0.1) is 0 Å². The van der Waals surface area contributed by atoms with Crippen LogP contribution in [-0.4, -0.2) is 26.0 Å². The minimum atomic E-state index is -0.537. The van der Waals surface area contributed by atoms with E-state index in [0.29, 0.717) is 39.7 Å². The summed E-state index contributed by atoms with van der Waals surface area (Å²) in [6.45, 7) is 0. The molecule has 0 aliphatic carbocycles. The van der Waals surface area contributed by atoms with E-state index in [-0.39, 0.29) is 11.5 Å². The van der Waals surface area contributed by atoms with Crippen molar-refractivity contribution < 1.29 is 28.5 Å². The third-order valence-electron chi connectivity index (χ3n) is 4.57. The Morgan fingerprint density at radius 2 is 1.73 bits per heavy atom. The van der Waals surface area contributed by atoms with Gasteiger partial charge in [-0.3, -0.25) is 4.79 Å². The van der Waals surface area contributed by atoms with Crippen LogP contribution in [0.3, 0.4) is 0 Å². The molecule has 0 aromatic heterocycles. The Balaban J connectivity index is 1.55. The maximum atomic E-state index is 12.6. The molecule has 1 aliphatic rings. The standard InChI is InChI=1S/C24H18O6/c1-27-16-10-11-18-21(14-16)30-22(23(18)25)13-15-6-5-7-17(12-15)29-24(26)19-8-3-4-9-20(19)28-2/h3-14H,1-2H3/b22-13-. The molecule has 150 valence electrons. The number of carbonyl (C=O) groups is 2. The van der Waals surface area contributed by atoms with E-state index in [2.05, 4.69) is 0 Å². The fourth-order valence-electron chi connectivity index (χ4n) is 3.09. The highest BCUT2D eigenvalue weighted by Crippen LogP contribution is 2.35. The Kier molecular flexibility index (Phi) is 5.22. The van der Waals surface area contributed by atoms with Crippen LogP contribution >= 0.6 is 0 Å². The van der Waals surface area contributed by atoms with Crippen molar-refractivity contribution in [3.05, 3.63) is 89.2 Å². The number of fused-ring (bicyclic) bond motifs is 1. The van der Waals surface area contributed by atoms with E-state index in [0.717, 1.165) is 0 Å². The second-order valence-electron chi connectivity index (χ2n) is 6.46. The van der Waals surface area contributed by atoms with Crippen molar-refractivity contribution in [1.82, 2.24) is 0 Å². The van der Waals surface area contributed by atoms with Gasteiger partial charge in [0.25, 0.3) is 0 Å². The summed E-state index contributed by atoms with van der Waals surface area (Å²) in [6, 6.07) is 18.7. The molecule has 0 bridgehead atoms. The average molecular weight is 402 g/mol. The third kappa shape index (κ3) is 3.75. The molecular weight excluding hydrogens is 384 g/mol. The molecule has 0 atom stereocenters. The van der Waals surface area contributed by atoms with Crippen LogP contribution in [0.25, 0.3) is 6.08 Å². The molecule has 0 spiro atoms. The molecule has 0 unspecified atom stereocenters. The number of allylic oxidation sites excluding steroid dienone is 1. The molecule has 0 saturated heterocycles. The molecule has 0 saturated carbocycles. The molecule has 0 N–H and O–H groups in total. The van der Waals surface area contributed by atoms with Crippen molar-refractivity contribution in [1.29, 1.82) is 0 Å². The molecule has 0 amide bonds. The topological polar surface area (TPSA) is 71.1 Å². The van der Waals surface area contributed by atoms with Crippen LogP contribution in [0.1, 0.15) is 26.3 Å². The number of para-hydroxylation sites is 1. The molecular formula is C24H18O6. The van der Waals surface area contributed by atoms with Gasteiger partial charge in [0, 0.05) is 6.07 Å². The lowest BCUT2D eigenvalue weighted by Crippen LogP contribution is -2.10. The van der Waals surface area contributed by atoms with Crippen LogP contribution in [0.15, 0.2) is 72.5 Å². The fourth-order valence-corrected chi connectivity index (χ4v) is 3.09. The van der Waals surface area contributed by atoms with Crippen LogP contribution in [0, 0.1) is 0 Å². The Morgan fingerprint density at radius 1 is 0.900 bits per heavy atom. The highest BCUT2D eigenvalue weighted by molar-refractivity contribution is 6.14. The molecule has 30 heavy (non-hydrogen) atoms. The summed E-state index contributed by atoms with van der Waals surface area (Å²) in [5.41, 5.74) is 1.45. The Bertz CT molecular complexity index is 1160. The lowest BCUT2D eigenvalue weighted by Gasteiger charge is -2.08. The van der Waals surface area contributed by atoms with Gasteiger partial charge in [0.05, 0.1) is 19.8 Å².